The molecule has 0 saturated carbocycles. The summed E-state index contributed by atoms with van der Waals surface area (Å²) in [6, 6.07) is 7.07. The molecule has 82 valence electrons. The third kappa shape index (κ3) is 2.25. The van der Waals surface area contributed by atoms with E-state index in [4.69, 9.17) is 0 Å². The van der Waals surface area contributed by atoms with Crippen LogP contribution < -0.4 is 5.32 Å². The molecule has 2 N–H and O–H groups in total. The van der Waals surface area contributed by atoms with E-state index in [2.05, 4.69) is 20.5 Å². The van der Waals surface area contributed by atoms with E-state index < -0.39 is 0 Å². The number of aryl methyl sites for hydroxylation is 2. The summed E-state index contributed by atoms with van der Waals surface area (Å²) in [5, 5.41) is 9.33. The highest BCUT2D eigenvalue weighted by atomic mass is 16.1. The van der Waals surface area contributed by atoms with Gasteiger partial charge in [-0.25, -0.2) is 4.98 Å². The second-order valence-corrected chi connectivity index (χ2v) is 3.55. The van der Waals surface area contributed by atoms with Crippen LogP contribution in [0.5, 0.6) is 0 Å². The van der Waals surface area contributed by atoms with Crippen molar-refractivity contribution in [2.24, 2.45) is 0 Å². The fourth-order valence-corrected chi connectivity index (χ4v) is 1.33. The summed E-state index contributed by atoms with van der Waals surface area (Å²) in [5.74, 6) is 0.251. The van der Waals surface area contributed by atoms with Gasteiger partial charge in [-0.1, -0.05) is 6.07 Å². The molecule has 1 amide bonds. The first-order chi connectivity index (χ1) is 7.65. The summed E-state index contributed by atoms with van der Waals surface area (Å²) in [6.07, 6.45) is 0. The van der Waals surface area contributed by atoms with E-state index in [1.54, 1.807) is 18.2 Å². The molecule has 0 bridgehead atoms. The Balaban J connectivity index is 2.14. The Morgan fingerprint density at radius 2 is 2.19 bits per heavy atom. The van der Waals surface area contributed by atoms with Gasteiger partial charge in [-0.2, -0.15) is 5.10 Å². The van der Waals surface area contributed by atoms with Crippen LogP contribution in [0.3, 0.4) is 0 Å². The van der Waals surface area contributed by atoms with Gasteiger partial charge in [-0.05, 0) is 26.0 Å². The van der Waals surface area contributed by atoms with Crippen molar-refractivity contribution >= 4 is 11.7 Å². The number of nitrogens with one attached hydrogen (secondary N) is 2. The molecule has 0 radical (unpaired) electrons. The van der Waals surface area contributed by atoms with Crippen molar-refractivity contribution in [1.82, 2.24) is 15.2 Å². The number of aromatic nitrogens is 3. The number of hydrogen-bond acceptors (Lipinski definition) is 3. The molecule has 5 heteroatoms. The van der Waals surface area contributed by atoms with Gasteiger partial charge in [0.05, 0.1) is 0 Å². The first-order valence-electron chi connectivity index (χ1n) is 4.92. The third-order valence-corrected chi connectivity index (χ3v) is 2.07. The van der Waals surface area contributed by atoms with Gasteiger partial charge in [0.1, 0.15) is 5.69 Å². The molecule has 0 aromatic carbocycles. The van der Waals surface area contributed by atoms with Crippen molar-refractivity contribution in [3.8, 4) is 0 Å². The number of nitrogens with zero attached hydrogens (tertiary/aromatic N) is 2. The number of carbonyl (C=O) groups excluding carboxylic acids is 1. The van der Waals surface area contributed by atoms with Crippen LogP contribution >= 0.6 is 0 Å². The SMILES string of the molecule is Cc1cccc(C(=O)Nc2cc(C)[nH]n2)n1. The van der Waals surface area contributed by atoms with Gasteiger partial charge in [-0.3, -0.25) is 9.89 Å². The maximum atomic E-state index is 11.7. The summed E-state index contributed by atoms with van der Waals surface area (Å²) in [4.78, 5) is 15.9. The van der Waals surface area contributed by atoms with Gasteiger partial charge >= 0.3 is 0 Å². The van der Waals surface area contributed by atoms with Crippen molar-refractivity contribution in [2.45, 2.75) is 13.8 Å². The van der Waals surface area contributed by atoms with Gasteiger partial charge < -0.3 is 5.32 Å². The maximum Gasteiger partial charge on any atom is 0.275 e. The van der Waals surface area contributed by atoms with Crippen LogP contribution in [-0.2, 0) is 0 Å². The monoisotopic (exact) mass is 216 g/mol. The van der Waals surface area contributed by atoms with Gasteiger partial charge in [0.25, 0.3) is 5.91 Å². The largest absolute Gasteiger partial charge is 0.304 e. The third-order valence-electron chi connectivity index (χ3n) is 2.07. The molecule has 0 aliphatic carbocycles. The maximum absolute atomic E-state index is 11.7. The van der Waals surface area contributed by atoms with Gasteiger partial charge in [0, 0.05) is 17.5 Å². The molecule has 2 rings (SSSR count). The van der Waals surface area contributed by atoms with E-state index in [0.717, 1.165) is 11.4 Å². The number of anilines is 1. The molecule has 0 spiro atoms. The predicted molar refractivity (Wildman–Crippen MR) is 60.3 cm³/mol. The average molecular weight is 216 g/mol. The Labute approximate surface area is 92.9 Å². The molecule has 2 aromatic rings. The fourth-order valence-electron chi connectivity index (χ4n) is 1.33. The van der Waals surface area contributed by atoms with Crippen molar-refractivity contribution in [3.63, 3.8) is 0 Å². The highest BCUT2D eigenvalue weighted by Gasteiger charge is 2.08. The standard InChI is InChI=1S/C11H12N4O/c1-7-4-3-5-9(12-7)11(16)13-10-6-8(2)14-15-10/h3-6H,1-2H3,(H2,13,14,15,16). The smallest absolute Gasteiger partial charge is 0.275 e. The van der Waals surface area contributed by atoms with Crippen molar-refractivity contribution in [3.05, 3.63) is 41.3 Å². The van der Waals surface area contributed by atoms with Crippen molar-refractivity contribution < 1.29 is 4.79 Å². The highest BCUT2D eigenvalue weighted by Crippen LogP contribution is 2.06. The number of H-pyrrole nitrogens is 1. The molecular formula is C11H12N4O. The fraction of sp³-hybridized carbons (Fsp3) is 0.182. The van der Waals surface area contributed by atoms with Crippen LogP contribution in [0.4, 0.5) is 5.82 Å². The van der Waals surface area contributed by atoms with Crippen LogP contribution in [0.2, 0.25) is 0 Å². The minimum absolute atomic E-state index is 0.254. The molecule has 0 aliphatic heterocycles. The van der Waals surface area contributed by atoms with Crippen LogP contribution in [0.1, 0.15) is 21.9 Å². The number of rotatable bonds is 2. The Bertz CT molecular complexity index is 518. The Hall–Kier alpha value is -2.17. The minimum atomic E-state index is -0.254. The highest BCUT2D eigenvalue weighted by molar-refractivity contribution is 6.02. The predicted octanol–water partition coefficient (Wildman–Crippen LogP) is 1.67. The lowest BCUT2D eigenvalue weighted by Crippen LogP contribution is -2.14. The van der Waals surface area contributed by atoms with Crippen LogP contribution in [0, 0.1) is 13.8 Å². The quantitative estimate of drug-likeness (QED) is 0.802. The number of carbonyl (C=O) groups is 1. The zero-order valence-corrected chi connectivity index (χ0v) is 9.11. The molecule has 0 saturated heterocycles. The lowest BCUT2D eigenvalue weighted by molar-refractivity contribution is 0.102. The van der Waals surface area contributed by atoms with Crippen molar-refractivity contribution in [2.75, 3.05) is 5.32 Å². The summed E-state index contributed by atoms with van der Waals surface area (Å²) in [5.41, 5.74) is 2.10. The van der Waals surface area contributed by atoms with E-state index in [1.807, 2.05) is 19.9 Å². The van der Waals surface area contributed by atoms with Crippen LogP contribution in [-0.4, -0.2) is 21.1 Å². The van der Waals surface area contributed by atoms with Crippen LogP contribution in [0.15, 0.2) is 24.3 Å². The average Bonchev–Trinajstić information content (AvgIpc) is 2.64. The molecule has 5 nitrogen and oxygen atoms in total. The van der Waals surface area contributed by atoms with Crippen LogP contribution in [0.25, 0.3) is 0 Å². The first kappa shape index (κ1) is 10.4. The lowest BCUT2D eigenvalue weighted by atomic mass is 10.3. The zero-order chi connectivity index (χ0) is 11.5. The Morgan fingerprint density at radius 1 is 1.38 bits per heavy atom. The van der Waals surface area contributed by atoms with Gasteiger partial charge in [0.15, 0.2) is 5.82 Å². The number of hydrogen-bond donors (Lipinski definition) is 2. The summed E-state index contributed by atoms with van der Waals surface area (Å²) in [7, 11) is 0. The lowest BCUT2D eigenvalue weighted by Gasteiger charge is -2.01. The normalized spacial score (nSPS) is 10.1. The zero-order valence-electron chi connectivity index (χ0n) is 9.11. The molecular weight excluding hydrogens is 204 g/mol. The summed E-state index contributed by atoms with van der Waals surface area (Å²) in [6.45, 7) is 3.71. The molecule has 0 unspecified atom stereocenters. The summed E-state index contributed by atoms with van der Waals surface area (Å²) >= 11 is 0. The van der Waals surface area contributed by atoms with Gasteiger partial charge in [0.2, 0.25) is 0 Å². The molecule has 0 aliphatic rings. The number of pyridine rings is 1. The van der Waals surface area contributed by atoms with Gasteiger partial charge in [-0.15, -0.1) is 0 Å². The molecule has 0 fully saturated rings. The van der Waals surface area contributed by atoms with Crippen molar-refractivity contribution in [1.29, 1.82) is 0 Å². The molecule has 2 heterocycles. The molecule has 16 heavy (non-hydrogen) atoms. The van der Waals surface area contributed by atoms with E-state index in [-0.39, 0.29) is 5.91 Å². The molecule has 2 aromatic heterocycles. The summed E-state index contributed by atoms with van der Waals surface area (Å²) < 4.78 is 0. The Kier molecular flexibility index (Phi) is 2.68. The van der Waals surface area contributed by atoms with E-state index in [0.29, 0.717) is 11.5 Å². The number of amides is 1. The topological polar surface area (TPSA) is 70.7 Å². The van der Waals surface area contributed by atoms with E-state index >= 15 is 0 Å². The minimum Gasteiger partial charge on any atom is -0.304 e. The first-order valence-corrected chi connectivity index (χ1v) is 4.92. The molecule has 0 atom stereocenters. The second kappa shape index (κ2) is 4.14. The van der Waals surface area contributed by atoms with E-state index in [9.17, 15) is 4.79 Å². The van der Waals surface area contributed by atoms with E-state index in [1.165, 1.54) is 0 Å². The second-order valence-electron chi connectivity index (χ2n) is 3.55. The number of aromatic amines is 1. The Morgan fingerprint density at radius 3 is 2.81 bits per heavy atom.